The van der Waals surface area contributed by atoms with Gasteiger partial charge in [0.2, 0.25) is 5.91 Å². The molecule has 1 heterocycles. The zero-order valence-corrected chi connectivity index (χ0v) is 10.4. The second-order valence-corrected chi connectivity index (χ2v) is 4.33. The average Bonchev–Trinajstić information content (AvgIpc) is 2.33. The molecule has 1 aromatic rings. The number of carbonyl (C=O) groups excluding carboxylic acids is 1. The SMILES string of the molecule is CC(C)C(O)CNC(=O)/C=C/c1cncc(F)c1. The maximum atomic E-state index is 12.8. The number of hydrogen-bond donors (Lipinski definition) is 2. The first kappa shape index (κ1) is 14.3. The number of carbonyl (C=O) groups is 1. The van der Waals surface area contributed by atoms with Crippen molar-refractivity contribution in [1.29, 1.82) is 0 Å². The Morgan fingerprint density at radius 3 is 2.89 bits per heavy atom. The van der Waals surface area contributed by atoms with Crippen LogP contribution in [0.4, 0.5) is 4.39 Å². The van der Waals surface area contributed by atoms with Crippen molar-refractivity contribution in [3.8, 4) is 0 Å². The lowest BCUT2D eigenvalue weighted by Gasteiger charge is -2.13. The van der Waals surface area contributed by atoms with Crippen LogP contribution >= 0.6 is 0 Å². The molecule has 1 rings (SSSR count). The fraction of sp³-hybridized carbons (Fsp3) is 0.385. The first-order chi connectivity index (χ1) is 8.49. The third-order valence-corrected chi connectivity index (χ3v) is 2.41. The monoisotopic (exact) mass is 252 g/mol. The molecule has 1 atom stereocenters. The molecule has 1 aromatic heterocycles. The van der Waals surface area contributed by atoms with E-state index in [1.54, 1.807) is 0 Å². The number of aliphatic hydroxyl groups is 1. The molecule has 1 amide bonds. The summed E-state index contributed by atoms with van der Waals surface area (Å²) < 4.78 is 12.8. The van der Waals surface area contributed by atoms with Crippen molar-refractivity contribution in [2.75, 3.05) is 6.54 Å². The fourth-order valence-electron chi connectivity index (χ4n) is 1.19. The highest BCUT2D eigenvalue weighted by Gasteiger charge is 2.09. The maximum absolute atomic E-state index is 12.8. The molecule has 98 valence electrons. The van der Waals surface area contributed by atoms with Gasteiger partial charge in [0.1, 0.15) is 5.82 Å². The molecule has 0 saturated carbocycles. The van der Waals surface area contributed by atoms with Crippen LogP contribution in [-0.2, 0) is 4.79 Å². The van der Waals surface area contributed by atoms with E-state index < -0.39 is 11.9 Å². The van der Waals surface area contributed by atoms with E-state index in [1.807, 2.05) is 13.8 Å². The van der Waals surface area contributed by atoms with Gasteiger partial charge in [-0.2, -0.15) is 0 Å². The Balaban J connectivity index is 2.45. The number of hydrogen-bond acceptors (Lipinski definition) is 3. The summed E-state index contributed by atoms with van der Waals surface area (Å²) in [6.07, 6.45) is 4.72. The van der Waals surface area contributed by atoms with E-state index in [9.17, 15) is 14.3 Å². The minimum Gasteiger partial charge on any atom is -0.391 e. The molecule has 0 radical (unpaired) electrons. The summed E-state index contributed by atoms with van der Waals surface area (Å²) in [7, 11) is 0. The zero-order chi connectivity index (χ0) is 13.5. The maximum Gasteiger partial charge on any atom is 0.244 e. The van der Waals surface area contributed by atoms with Gasteiger partial charge in [-0.05, 0) is 23.6 Å². The summed E-state index contributed by atoms with van der Waals surface area (Å²) in [5.41, 5.74) is 0.509. The molecule has 18 heavy (non-hydrogen) atoms. The van der Waals surface area contributed by atoms with E-state index in [1.165, 1.54) is 24.4 Å². The van der Waals surface area contributed by atoms with E-state index >= 15 is 0 Å². The molecular formula is C13H17FN2O2. The Bertz CT molecular complexity index is 433. The fourth-order valence-corrected chi connectivity index (χ4v) is 1.19. The van der Waals surface area contributed by atoms with Crippen LogP contribution < -0.4 is 5.32 Å². The minimum atomic E-state index is -0.571. The van der Waals surface area contributed by atoms with E-state index in [4.69, 9.17) is 0 Å². The Kier molecular flexibility index (Phi) is 5.45. The zero-order valence-electron chi connectivity index (χ0n) is 10.4. The Hall–Kier alpha value is -1.75. The van der Waals surface area contributed by atoms with Crippen molar-refractivity contribution >= 4 is 12.0 Å². The van der Waals surface area contributed by atoms with Crippen LogP contribution in [0.1, 0.15) is 19.4 Å². The molecule has 1 unspecified atom stereocenters. The number of halogens is 1. The smallest absolute Gasteiger partial charge is 0.244 e. The molecule has 4 nitrogen and oxygen atoms in total. The molecule has 0 aromatic carbocycles. The summed E-state index contributed by atoms with van der Waals surface area (Å²) in [6, 6.07) is 1.28. The van der Waals surface area contributed by atoms with Gasteiger partial charge in [0.05, 0.1) is 12.3 Å². The summed E-state index contributed by atoms with van der Waals surface area (Å²) >= 11 is 0. The van der Waals surface area contributed by atoms with Gasteiger partial charge < -0.3 is 10.4 Å². The Morgan fingerprint density at radius 1 is 1.56 bits per heavy atom. The third-order valence-electron chi connectivity index (χ3n) is 2.41. The highest BCUT2D eigenvalue weighted by Crippen LogP contribution is 2.03. The summed E-state index contributed by atoms with van der Waals surface area (Å²) in [5, 5.41) is 12.1. The molecule has 0 bridgehead atoms. The van der Waals surface area contributed by atoms with Crippen molar-refractivity contribution in [1.82, 2.24) is 10.3 Å². The van der Waals surface area contributed by atoms with Gasteiger partial charge in [0, 0.05) is 18.8 Å². The first-order valence-corrected chi connectivity index (χ1v) is 5.73. The lowest BCUT2D eigenvalue weighted by Crippen LogP contribution is -2.33. The molecule has 0 aliphatic heterocycles. The van der Waals surface area contributed by atoms with Crippen LogP contribution in [0.15, 0.2) is 24.5 Å². The molecule has 0 aliphatic carbocycles. The van der Waals surface area contributed by atoms with E-state index in [-0.39, 0.29) is 18.4 Å². The van der Waals surface area contributed by atoms with Gasteiger partial charge in [0.25, 0.3) is 0 Å². The minimum absolute atomic E-state index is 0.0849. The van der Waals surface area contributed by atoms with E-state index in [2.05, 4.69) is 10.3 Å². The van der Waals surface area contributed by atoms with Crippen molar-refractivity contribution in [3.05, 3.63) is 35.9 Å². The van der Waals surface area contributed by atoms with Gasteiger partial charge in [-0.3, -0.25) is 9.78 Å². The molecule has 5 heteroatoms. The van der Waals surface area contributed by atoms with Crippen LogP contribution in [0.25, 0.3) is 6.08 Å². The van der Waals surface area contributed by atoms with Gasteiger partial charge in [0.15, 0.2) is 0 Å². The predicted octanol–water partition coefficient (Wildman–Crippen LogP) is 1.37. The van der Waals surface area contributed by atoms with Gasteiger partial charge in [-0.25, -0.2) is 4.39 Å². The number of pyridine rings is 1. The van der Waals surface area contributed by atoms with E-state index in [0.717, 1.165) is 6.20 Å². The Labute approximate surface area is 106 Å². The van der Waals surface area contributed by atoms with Gasteiger partial charge >= 0.3 is 0 Å². The van der Waals surface area contributed by atoms with Gasteiger partial charge in [-0.15, -0.1) is 0 Å². The van der Waals surface area contributed by atoms with Crippen LogP contribution in [0.5, 0.6) is 0 Å². The highest BCUT2D eigenvalue weighted by atomic mass is 19.1. The second kappa shape index (κ2) is 6.86. The van der Waals surface area contributed by atoms with Crippen molar-refractivity contribution in [2.24, 2.45) is 5.92 Å². The first-order valence-electron chi connectivity index (χ1n) is 5.73. The topological polar surface area (TPSA) is 62.2 Å². The van der Waals surface area contributed by atoms with Crippen LogP contribution in [-0.4, -0.2) is 28.6 Å². The Morgan fingerprint density at radius 2 is 2.28 bits per heavy atom. The average molecular weight is 252 g/mol. The van der Waals surface area contributed by atoms with Crippen LogP contribution in [0.3, 0.4) is 0 Å². The van der Waals surface area contributed by atoms with Crippen molar-refractivity contribution in [2.45, 2.75) is 20.0 Å². The number of nitrogens with one attached hydrogen (secondary N) is 1. The lowest BCUT2D eigenvalue weighted by atomic mass is 10.1. The number of rotatable bonds is 5. The highest BCUT2D eigenvalue weighted by molar-refractivity contribution is 5.91. The van der Waals surface area contributed by atoms with Gasteiger partial charge in [-0.1, -0.05) is 13.8 Å². The molecule has 0 saturated heterocycles. The van der Waals surface area contributed by atoms with Crippen molar-refractivity contribution < 1.29 is 14.3 Å². The summed E-state index contributed by atoms with van der Waals surface area (Å²) in [5.74, 6) is -0.701. The third kappa shape index (κ3) is 5.05. The molecule has 0 fully saturated rings. The number of aliphatic hydroxyl groups excluding tert-OH is 1. The predicted molar refractivity (Wildman–Crippen MR) is 67.1 cm³/mol. The number of amides is 1. The number of aromatic nitrogens is 1. The standard InChI is InChI=1S/C13H17FN2O2/c1-9(2)12(17)8-16-13(18)4-3-10-5-11(14)7-15-6-10/h3-7,9,12,17H,8H2,1-2H3,(H,16,18)/b4-3+. The van der Waals surface area contributed by atoms with Crippen LogP contribution in [0, 0.1) is 11.7 Å². The molecule has 2 N–H and O–H groups in total. The molecular weight excluding hydrogens is 235 g/mol. The van der Waals surface area contributed by atoms with E-state index in [0.29, 0.717) is 5.56 Å². The van der Waals surface area contributed by atoms with Crippen molar-refractivity contribution in [3.63, 3.8) is 0 Å². The molecule has 0 aliphatic rings. The quantitative estimate of drug-likeness (QED) is 0.778. The second-order valence-electron chi connectivity index (χ2n) is 4.33. The summed E-state index contributed by atoms with van der Waals surface area (Å²) in [6.45, 7) is 3.93. The number of nitrogens with zero attached hydrogens (tertiary/aromatic N) is 1. The lowest BCUT2D eigenvalue weighted by molar-refractivity contribution is -0.117. The summed E-state index contributed by atoms with van der Waals surface area (Å²) in [4.78, 5) is 15.1. The van der Waals surface area contributed by atoms with Crippen LogP contribution in [0.2, 0.25) is 0 Å². The normalized spacial score (nSPS) is 12.9. The largest absolute Gasteiger partial charge is 0.391 e. The molecule has 0 spiro atoms.